The minimum Gasteiger partial charge on any atom is -0.493 e. The summed E-state index contributed by atoms with van der Waals surface area (Å²) < 4.78 is 21.6. The Balaban J connectivity index is 1.94. The van der Waals surface area contributed by atoms with Crippen molar-refractivity contribution in [3.05, 3.63) is 59.7 Å². The molecule has 2 aromatic carbocycles. The Kier molecular flexibility index (Phi) is 6.51. The smallest absolute Gasteiger partial charge is 0.203 e. The molecule has 2 aromatic rings. The number of methoxy groups -OCH3 is 3. The van der Waals surface area contributed by atoms with Gasteiger partial charge in [-0.1, -0.05) is 42.5 Å². The lowest BCUT2D eigenvalue weighted by Crippen LogP contribution is -1.99. The Hall–Kier alpha value is -2.46. The summed E-state index contributed by atoms with van der Waals surface area (Å²) >= 11 is 0. The first kappa shape index (κ1) is 16.9. The van der Waals surface area contributed by atoms with Gasteiger partial charge < -0.3 is 18.9 Å². The molecule has 4 nitrogen and oxygen atoms in total. The van der Waals surface area contributed by atoms with E-state index in [-0.39, 0.29) is 0 Å². The average Bonchev–Trinajstić information content (AvgIpc) is 2.61. The van der Waals surface area contributed by atoms with E-state index < -0.39 is 0 Å². The zero-order chi connectivity index (χ0) is 16.5. The van der Waals surface area contributed by atoms with E-state index in [2.05, 4.69) is 12.1 Å². The van der Waals surface area contributed by atoms with Gasteiger partial charge in [0.15, 0.2) is 11.5 Å². The van der Waals surface area contributed by atoms with Crippen molar-refractivity contribution in [2.75, 3.05) is 27.9 Å². The van der Waals surface area contributed by atoms with Crippen molar-refractivity contribution in [2.24, 2.45) is 0 Å². The van der Waals surface area contributed by atoms with Crippen LogP contribution in [0.3, 0.4) is 0 Å². The fourth-order valence-electron chi connectivity index (χ4n) is 2.21. The molecule has 0 saturated heterocycles. The van der Waals surface area contributed by atoms with Crippen molar-refractivity contribution < 1.29 is 18.9 Å². The summed E-state index contributed by atoms with van der Waals surface area (Å²) in [5.41, 5.74) is 2.12. The largest absolute Gasteiger partial charge is 0.493 e. The molecule has 122 valence electrons. The lowest BCUT2D eigenvalue weighted by atomic mass is 10.2. The van der Waals surface area contributed by atoms with Crippen molar-refractivity contribution in [3.63, 3.8) is 0 Å². The molecule has 0 N–H and O–H groups in total. The van der Waals surface area contributed by atoms with Crippen LogP contribution < -0.4 is 14.2 Å². The third-order valence-corrected chi connectivity index (χ3v) is 3.32. The third-order valence-electron chi connectivity index (χ3n) is 3.32. The van der Waals surface area contributed by atoms with Crippen LogP contribution in [-0.2, 0) is 11.3 Å². The van der Waals surface area contributed by atoms with Gasteiger partial charge in [-0.15, -0.1) is 0 Å². The Morgan fingerprint density at radius 1 is 0.870 bits per heavy atom. The van der Waals surface area contributed by atoms with Crippen LogP contribution in [0.15, 0.2) is 48.5 Å². The zero-order valence-electron chi connectivity index (χ0n) is 13.7. The molecule has 4 heteroatoms. The Morgan fingerprint density at radius 2 is 1.52 bits per heavy atom. The van der Waals surface area contributed by atoms with E-state index >= 15 is 0 Å². The van der Waals surface area contributed by atoms with E-state index in [4.69, 9.17) is 18.9 Å². The van der Waals surface area contributed by atoms with Gasteiger partial charge in [0.2, 0.25) is 5.75 Å². The lowest BCUT2D eigenvalue weighted by molar-refractivity contribution is 0.148. The summed E-state index contributed by atoms with van der Waals surface area (Å²) in [4.78, 5) is 0. The zero-order valence-corrected chi connectivity index (χ0v) is 13.7. The van der Waals surface area contributed by atoms with Crippen molar-refractivity contribution in [1.82, 2.24) is 0 Å². The summed E-state index contributed by atoms with van der Waals surface area (Å²) in [6.07, 6.45) is 4.03. The van der Waals surface area contributed by atoms with Crippen LogP contribution in [-0.4, -0.2) is 27.9 Å². The summed E-state index contributed by atoms with van der Waals surface area (Å²) in [5, 5.41) is 0. The van der Waals surface area contributed by atoms with Gasteiger partial charge in [0, 0.05) is 0 Å². The van der Waals surface area contributed by atoms with Gasteiger partial charge in [0.05, 0.1) is 34.5 Å². The quantitative estimate of drug-likeness (QED) is 0.692. The second kappa shape index (κ2) is 8.86. The van der Waals surface area contributed by atoms with Crippen LogP contribution >= 0.6 is 0 Å². The molecule has 0 aliphatic rings. The molecular formula is C19H22O4. The van der Waals surface area contributed by atoms with Crippen LogP contribution in [0.25, 0.3) is 6.08 Å². The molecule has 0 aliphatic carbocycles. The van der Waals surface area contributed by atoms with Gasteiger partial charge in [-0.05, 0) is 23.3 Å². The molecule has 0 radical (unpaired) electrons. The SMILES string of the molecule is COc1cc(COCC=Cc2ccccc2)cc(OC)c1OC. The molecule has 0 heterocycles. The van der Waals surface area contributed by atoms with Crippen molar-refractivity contribution in [2.45, 2.75) is 6.61 Å². The average molecular weight is 314 g/mol. The number of benzene rings is 2. The lowest BCUT2D eigenvalue weighted by Gasteiger charge is -2.14. The van der Waals surface area contributed by atoms with E-state index in [0.29, 0.717) is 30.5 Å². The highest BCUT2D eigenvalue weighted by Crippen LogP contribution is 2.38. The van der Waals surface area contributed by atoms with Gasteiger partial charge in [0.1, 0.15) is 0 Å². The molecular weight excluding hydrogens is 292 g/mol. The molecule has 0 atom stereocenters. The number of rotatable bonds is 8. The van der Waals surface area contributed by atoms with Gasteiger partial charge in [-0.25, -0.2) is 0 Å². The molecule has 0 saturated carbocycles. The minimum atomic E-state index is 0.468. The maximum absolute atomic E-state index is 5.68. The molecule has 0 bridgehead atoms. The van der Waals surface area contributed by atoms with Crippen LogP contribution in [0.2, 0.25) is 0 Å². The van der Waals surface area contributed by atoms with Gasteiger partial charge >= 0.3 is 0 Å². The standard InChI is InChI=1S/C19H22O4/c1-20-17-12-16(13-18(21-2)19(17)22-3)14-23-11-7-10-15-8-5-4-6-9-15/h4-10,12-13H,11,14H2,1-3H3. The first-order valence-electron chi connectivity index (χ1n) is 7.36. The number of hydrogen-bond acceptors (Lipinski definition) is 4. The predicted octanol–water partition coefficient (Wildman–Crippen LogP) is 3.94. The summed E-state index contributed by atoms with van der Waals surface area (Å²) in [5.74, 6) is 1.85. The van der Waals surface area contributed by atoms with Gasteiger partial charge in [-0.3, -0.25) is 0 Å². The molecule has 0 aliphatic heterocycles. The normalized spacial score (nSPS) is 10.7. The van der Waals surface area contributed by atoms with E-state index in [1.54, 1.807) is 21.3 Å². The maximum Gasteiger partial charge on any atom is 0.203 e. The molecule has 0 aromatic heterocycles. The highest BCUT2D eigenvalue weighted by atomic mass is 16.5. The second-order valence-corrected chi connectivity index (χ2v) is 4.86. The van der Waals surface area contributed by atoms with Crippen molar-refractivity contribution in [1.29, 1.82) is 0 Å². The Bertz CT molecular complexity index is 610. The highest BCUT2D eigenvalue weighted by Gasteiger charge is 2.12. The molecule has 2 rings (SSSR count). The summed E-state index contributed by atoms with van der Waals surface area (Å²) in [7, 11) is 4.79. The first-order chi connectivity index (χ1) is 11.3. The summed E-state index contributed by atoms with van der Waals surface area (Å²) in [6.45, 7) is 1.00. The van der Waals surface area contributed by atoms with E-state index in [1.165, 1.54) is 0 Å². The number of ether oxygens (including phenoxy) is 4. The molecule has 0 spiro atoms. The molecule has 0 fully saturated rings. The van der Waals surface area contributed by atoms with Crippen LogP contribution in [0, 0.1) is 0 Å². The molecule has 0 amide bonds. The van der Waals surface area contributed by atoms with E-state index in [1.807, 2.05) is 42.5 Å². The minimum absolute atomic E-state index is 0.468. The summed E-state index contributed by atoms with van der Waals surface area (Å²) in [6, 6.07) is 13.9. The second-order valence-electron chi connectivity index (χ2n) is 4.86. The van der Waals surface area contributed by atoms with Crippen LogP contribution in [0.5, 0.6) is 17.2 Å². The van der Waals surface area contributed by atoms with Gasteiger partial charge in [0.25, 0.3) is 0 Å². The Labute approximate surface area is 137 Å². The first-order valence-corrected chi connectivity index (χ1v) is 7.36. The van der Waals surface area contributed by atoms with Crippen LogP contribution in [0.4, 0.5) is 0 Å². The van der Waals surface area contributed by atoms with E-state index in [0.717, 1.165) is 11.1 Å². The monoisotopic (exact) mass is 314 g/mol. The predicted molar refractivity (Wildman–Crippen MR) is 91.2 cm³/mol. The Morgan fingerprint density at radius 3 is 2.09 bits per heavy atom. The fraction of sp³-hybridized carbons (Fsp3) is 0.263. The van der Waals surface area contributed by atoms with Crippen molar-refractivity contribution >= 4 is 6.08 Å². The van der Waals surface area contributed by atoms with Gasteiger partial charge in [-0.2, -0.15) is 0 Å². The fourth-order valence-corrected chi connectivity index (χ4v) is 2.21. The van der Waals surface area contributed by atoms with E-state index in [9.17, 15) is 0 Å². The molecule has 23 heavy (non-hydrogen) atoms. The molecule has 0 unspecified atom stereocenters. The van der Waals surface area contributed by atoms with Crippen LogP contribution in [0.1, 0.15) is 11.1 Å². The van der Waals surface area contributed by atoms with Crippen molar-refractivity contribution in [3.8, 4) is 17.2 Å². The number of hydrogen-bond donors (Lipinski definition) is 0. The third kappa shape index (κ3) is 4.76. The maximum atomic E-state index is 5.68. The topological polar surface area (TPSA) is 36.9 Å². The highest BCUT2D eigenvalue weighted by molar-refractivity contribution is 5.53.